The van der Waals surface area contributed by atoms with Gasteiger partial charge in [0.15, 0.2) is 11.5 Å². The quantitative estimate of drug-likeness (QED) is 0.463. The van der Waals surface area contributed by atoms with E-state index in [0.29, 0.717) is 5.39 Å². The Balaban J connectivity index is 2.80. The number of furan rings is 1. The Labute approximate surface area is 95.9 Å². The van der Waals surface area contributed by atoms with Crippen LogP contribution in [-0.2, 0) is 0 Å². The molecular formula is C11H9NO5. The molecule has 0 radical (unpaired) electrons. The van der Waals surface area contributed by atoms with Gasteiger partial charge in [-0.15, -0.1) is 0 Å². The van der Waals surface area contributed by atoms with Crippen molar-refractivity contribution in [3.8, 4) is 5.75 Å². The molecule has 17 heavy (non-hydrogen) atoms. The molecule has 0 atom stereocenters. The first-order chi connectivity index (χ1) is 8.04. The maximum absolute atomic E-state index is 11.2. The Morgan fingerprint density at radius 1 is 1.47 bits per heavy atom. The van der Waals surface area contributed by atoms with Gasteiger partial charge in [0.1, 0.15) is 0 Å². The molecule has 0 aliphatic carbocycles. The van der Waals surface area contributed by atoms with Gasteiger partial charge in [0.05, 0.1) is 12.0 Å². The molecular weight excluding hydrogens is 226 g/mol. The number of rotatable bonds is 3. The van der Waals surface area contributed by atoms with Gasteiger partial charge in [-0.1, -0.05) is 0 Å². The van der Waals surface area contributed by atoms with Gasteiger partial charge in [0, 0.05) is 12.3 Å². The maximum atomic E-state index is 11.2. The third-order valence-corrected chi connectivity index (χ3v) is 2.37. The molecule has 0 N–H and O–H groups in total. The van der Waals surface area contributed by atoms with E-state index in [-0.39, 0.29) is 28.6 Å². The van der Waals surface area contributed by atoms with E-state index in [1.807, 2.05) is 0 Å². The highest BCUT2D eigenvalue weighted by Crippen LogP contribution is 2.36. The van der Waals surface area contributed by atoms with E-state index in [0.717, 1.165) is 0 Å². The van der Waals surface area contributed by atoms with Crippen LogP contribution in [0.4, 0.5) is 5.69 Å². The van der Waals surface area contributed by atoms with E-state index < -0.39 is 4.92 Å². The predicted molar refractivity (Wildman–Crippen MR) is 59.4 cm³/mol. The van der Waals surface area contributed by atoms with Gasteiger partial charge >= 0.3 is 5.69 Å². The minimum absolute atomic E-state index is 0.0551. The molecule has 2 aromatic rings. The molecule has 0 saturated heterocycles. The lowest BCUT2D eigenvalue weighted by atomic mass is 10.2. The number of nitro benzene ring substituents is 1. The number of nitrogens with zero attached hydrogens (tertiary/aromatic N) is 1. The van der Waals surface area contributed by atoms with Crippen LogP contribution in [0.5, 0.6) is 5.75 Å². The minimum atomic E-state index is -0.589. The smallest absolute Gasteiger partial charge is 0.353 e. The van der Waals surface area contributed by atoms with Crippen LogP contribution < -0.4 is 4.74 Å². The third kappa shape index (κ3) is 1.73. The number of benzene rings is 1. The molecule has 2 rings (SSSR count). The van der Waals surface area contributed by atoms with Gasteiger partial charge in [-0.25, -0.2) is 0 Å². The first-order valence-corrected chi connectivity index (χ1v) is 4.80. The topological polar surface area (TPSA) is 82.6 Å². The summed E-state index contributed by atoms with van der Waals surface area (Å²) in [6.45, 7) is 1.33. The standard InChI is InChI=1S/C11H9NO5/c1-6(13)9-5-7-3-4-8(16-2)10(12(14)15)11(7)17-9/h3-5H,1-2H3. The molecule has 0 spiro atoms. The number of hydrogen-bond acceptors (Lipinski definition) is 5. The van der Waals surface area contributed by atoms with Crippen LogP contribution in [0, 0.1) is 10.1 Å². The summed E-state index contributed by atoms with van der Waals surface area (Å²) in [6, 6.07) is 4.56. The molecule has 0 amide bonds. The summed E-state index contributed by atoms with van der Waals surface area (Å²) in [7, 11) is 1.34. The highest BCUT2D eigenvalue weighted by molar-refractivity contribution is 5.98. The Morgan fingerprint density at radius 2 is 2.18 bits per heavy atom. The summed E-state index contributed by atoms with van der Waals surface area (Å²) in [5.41, 5.74) is -0.211. The average molecular weight is 235 g/mol. The number of methoxy groups -OCH3 is 1. The molecule has 0 saturated carbocycles. The number of Topliss-reactive ketones (excluding diaryl/α,β-unsaturated/α-hetero) is 1. The number of ketones is 1. The van der Waals surface area contributed by atoms with Gasteiger partial charge in [-0.05, 0) is 18.2 Å². The summed E-state index contributed by atoms with van der Waals surface area (Å²) in [5, 5.41) is 11.5. The van der Waals surface area contributed by atoms with E-state index in [1.54, 1.807) is 6.07 Å². The van der Waals surface area contributed by atoms with E-state index in [9.17, 15) is 14.9 Å². The van der Waals surface area contributed by atoms with E-state index in [4.69, 9.17) is 9.15 Å². The fourth-order valence-electron chi connectivity index (χ4n) is 1.58. The van der Waals surface area contributed by atoms with Crippen LogP contribution in [0.2, 0.25) is 0 Å². The van der Waals surface area contributed by atoms with Crippen molar-refractivity contribution in [3.63, 3.8) is 0 Å². The molecule has 0 unspecified atom stereocenters. The van der Waals surface area contributed by atoms with Crippen molar-refractivity contribution in [2.24, 2.45) is 0 Å². The summed E-state index contributed by atoms with van der Waals surface area (Å²) in [4.78, 5) is 21.5. The average Bonchev–Trinajstić information content (AvgIpc) is 2.70. The highest BCUT2D eigenvalue weighted by Gasteiger charge is 2.23. The second-order valence-corrected chi connectivity index (χ2v) is 3.46. The van der Waals surface area contributed by atoms with E-state index in [1.165, 1.54) is 26.2 Å². The zero-order chi connectivity index (χ0) is 12.6. The van der Waals surface area contributed by atoms with Gasteiger partial charge in [0.2, 0.25) is 11.3 Å². The summed E-state index contributed by atoms with van der Waals surface area (Å²) in [5.74, 6) is -0.0854. The van der Waals surface area contributed by atoms with Crippen molar-refractivity contribution in [2.75, 3.05) is 7.11 Å². The minimum Gasteiger partial charge on any atom is -0.490 e. The van der Waals surface area contributed by atoms with Crippen LogP contribution in [0.15, 0.2) is 22.6 Å². The van der Waals surface area contributed by atoms with Crippen molar-refractivity contribution in [3.05, 3.63) is 34.1 Å². The van der Waals surface area contributed by atoms with Crippen LogP contribution in [0.3, 0.4) is 0 Å². The van der Waals surface area contributed by atoms with Crippen molar-refractivity contribution in [1.29, 1.82) is 0 Å². The number of nitro groups is 1. The molecule has 1 aromatic heterocycles. The monoisotopic (exact) mass is 235 g/mol. The number of fused-ring (bicyclic) bond motifs is 1. The van der Waals surface area contributed by atoms with E-state index in [2.05, 4.69) is 0 Å². The number of ether oxygens (including phenoxy) is 1. The zero-order valence-electron chi connectivity index (χ0n) is 9.22. The maximum Gasteiger partial charge on any atom is 0.353 e. The predicted octanol–water partition coefficient (Wildman–Crippen LogP) is 2.55. The molecule has 88 valence electrons. The Bertz CT molecular complexity index is 614. The summed E-state index contributed by atoms with van der Waals surface area (Å²) < 4.78 is 10.1. The second kappa shape index (κ2) is 3.89. The number of carbonyl (C=O) groups excluding carboxylic acids is 1. The van der Waals surface area contributed by atoms with Crippen molar-refractivity contribution in [2.45, 2.75) is 6.92 Å². The normalized spacial score (nSPS) is 10.5. The Hall–Kier alpha value is -2.37. The molecule has 1 heterocycles. The Kier molecular flexibility index (Phi) is 2.55. The molecule has 0 aliphatic rings. The van der Waals surface area contributed by atoms with Gasteiger partial charge < -0.3 is 9.15 Å². The molecule has 0 fully saturated rings. The number of hydrogen-bond donors (Lipinski definition) is 0. The molecule has 1 aromatic carbocycles. The summed E-state index contributed by atoms with van der Waals surface area (Å²) in [6.07, 6.45) is 0. The molecule has 0 bridgehead atoms. The number of carbonyl (C=O) groups is 1. The van der Waals surface area contributed by atoms with Gasteiger partial charge in [-0.2, -0.15) is 0 Å². The van der Waals surface area contributed by atoms with Gasteiger partial charge in [0.25, 0.3) is 0 Å². The fourth-order valence-corrected chi connectivity index (χ4v) is 1.58. The van der Waals surface area contributed by atoms with E-state index >= 15 is 0 Å². The second-order valence-electron chi connectivity index (χ2n) is 3.46. The Morgan fingerprint density at radius 3 is 2.71 bits per heavy atom. The third-order valence-electron chi connectivity index (χ3n) is 2.37. The fraction of sp³-hybridized carbons (Fsp3) is 0.182. The van der Waals surface area contributed by atoms with Crippen molar-refractivity contribution in [1.82, 2.24) is 0 Å². The first kappa shape index (κ1) is 11.1. The van der Waals surface area contributed by atoms with Crippen LogP contribution in [0.25, 0.3) is 11.0 Å². The SMILES string of the molecule is COc1ccc2cc(C(C)=O)oc2c1[N+](=O)[O-]. The summed E-state index contributed by atoms with van der Waals surface area (Å²) >= 11 is 0. The largest absolute Gasteiger partial charge is 0.490 e. The zero-order valence-corrected chi connectivity index (χ0v) is 9.22. The van der Waals surface area contributed by atoms with Crippen molar-refractivity contribution < 1.29 is 18.9 Å². The first-order valence-electron chi connectivity index (χ1n) is 4.80. The van der Waals surface area contributed by atoms with Crippen LogP contribution in [0.1, 0.15) is 17.5 Å². The molecule has 6 nitrogen and oxygen atoms in total. The lowest BCUT2D eigenvalue weighted by Gasteiger charge is -2.00. The highest BCUT2D eigenvalue weighted by atomic mass is 16.6. The lowest BCUT2D eigenvalue weighted by Crippen LogP contribution is -1.93. The van der Waals surface area contributed by atoms with Crippen molar-refractivity contribution >= 4 is 22.4 Å². The lowest BCUT2D eigenvalue weighted by molar-refractivity contribution is -0.384. The van der Waals surface area contributed by atoms with Crippen LogP contribution in [-0.4, -0.2) is 17.8 Å². The van der Waals surface area contributed by atoms with Gasteiger partial charge in [-0.3, -0.25) is 14.9 Å². The van der Waals surface area contributed by atoms with Crippen LogP contribution >= 0.6 is 0 Å². The molecule has 6 heteroatoms. The molecule has 0 aliphatic heterocycles.